The van der Waals surface area contributed by atoms with Crippen LogP contribution in [0.2, 0.25) is 11.6 Å². The van der Waals surface area contributed by atoms with Gasteiger partial charge in [-0.25, -0.2) is 0 Å². The molecule has 3 aliphatic heterocycles. The molecule has 1 spiro atoms. The zero-order valence-electron chi connectivity index (χ0n) is 11.7. The van der Waals surface area contributed by atoms with Crippen molar-refractivity contribution in [3.05, 3.63) is 35.8 Å². The smallest absolute Gasteiger partial charge is 0.461 e. The number of fused-ring (bicyclic) bond motifs is 1. The average molecular weight is 255 g/mol. The highest BCUT2D eigenvalue weighted by atomic mass is 16.5. The van der Waals surface area contributed by atoms with Crippen LogP contribution in [-0.2, 0) is 4.65 Å². The molecular formula is C16H22BNO. The van der Waals surface area contributed by atoms with Crippen LogP contribution in [0.5, 0.6) is 0 Å². The molecule has 4 rings (SSSR count). The van der Waals surface area contributed by atoms with Gasteiger partial charge in [-0.1, -0.05) is 56.2 Å². The molecule has 0 saturated carbocycles. The molecular weight excluding hydrogens is 233 g/mol. The van der Waals surface area contributed by atoms with Crippen molar-refractivity contribution < 1.29 is 9.13 Å². The Morgan fingerprint density at radius 2 is 1.79 bits per heavy atom. The average Bonchev–Trinajstić information content (AvgIpc) is 2.38. The van der Waals surface area contributed by atoms with E-state index in [2.05, 4.69) is 41.9 Å². The molecule has 2 bridgehead atoms. The molecule has 0 aliphatic carbocycles. The van der Waals surface area contributed by atoms with Gasteiger partial charge >= 0.3 is 6.48 Å². The van der Waals surface area contributed by atoms with Crippen molar-refractivity contribution in [3.8, 4) is 0 Å². The normalized spacial score (nSPS) is 36.4. The number of rotatable bonds is 0. The summed E-state index contributed by atoms with van der Waals surface area (Å²) < 4.78 is 9.10. The molecule has 2 nitrogen and oxygen atoms in total. The van der Waals surface area contributed by atoms with Crippen molar-refractivity contribution in [1.82, 2.24) is 0 Å². The molecule has 4 heterocycles. The Hall–Kier alpha value is -1.25. The molecule has 0 unspecified atom stereocenters. The summed E-state index contributed by atoms with van der Waals surface area (Å²) >= 11 is 0. The van der Waals surface area contributed by atoms with E-state index in [0.717, 1.165) is 17.4 Å². The Morgan fingerprint density at radius 3 is 2.47 bits per heavy atom. The third-order valence-electron chi connectivity index (χ3n) is 5.73. The van der Waals surface area contributed by atoms with Crippen LogP contribution in [-0.4, -0.2) is 6.48 Å². The Morgan fingerprint density at radius 1 is 1.11 bits per heavy atom. The van der Waals surface area contributed by atoms with E-state index < -0.39 is 6.48 Å². The summed E-state index contributed by atoms with van der Waals surface area (Å²) in [5, 5.41) is 0. The zero-order chi connectivity index (χ0) is 12.9. The molecule has 2 saturated heterocycles. The van der Waals surface area contributed by atoms with Gasteiger partial charge < -0.3 is 9.13 Å². The third kappa shape index (κ3) is 1.53. The fourth-order valence-electron chi connectivity index (χ4n) is 5.12. The predicted octanol–water partition coefficient (Wildman–Crippen LogP) is 3.76. The predicted molar refractivity (Wildman–Crippen MR) is 77.7 cm³/mol. The minimum Gasteiger partial charge on any atom is -0.661 e. The molecule has 3 heteroatoms. The fourth-order valence-corrected chi connectivity index (χ4v) is 5.12. The lowest BCUT2D eigenvalue weighted by Crippen LogP contribution is -2.75. The molecule has 1 aromatic rings. The van der Waals surface area contributed by atoms with Crippen LogP contribution in [0.4, 0.5) is 0 Å². The standard InChI is InChI=1S/C16H22BNO/c1-13-12-16-10-2-3-11-18(16)17(19-13)14-6-4-7-15(17)9-5-8-14/h2-3,10-12,14-15H,4-9H2,1H3. The molecule has 0 N–H and O–H groups in total. The maximum Gasteiger partial charge on any atom is 0.461 e. The molecule has 0 atom stereocenters. The summed E-state index contributed by atoms with van der Waals surface area (Å²) in [5.41, 5.74) is 1.34. The monoisotopic (exact) mass is 255 g/mol. The van der Waals surface area contributed by atoms with Crippen LogP contribution >= 0.6 is 0 Å². The Bertz CT molecular complexity index is 517. The van der Waals surface area contributed by atoms with Crippen molar-refractivity contribution >= 4 is 12.6 Å². The van der Waals surface area contributed by atoms with E-state index >= 15 is 0 Å². The molecule has 0 amide bonds. The number of hydrogen-bond acceptors (Lipinski definition) is 1. The van der Waals surface area contributed by atoms with Gasteiger partial charge in [-0.15, -0.1) is 0 Å². The Labute approximate surface area is 115 Å². The number of nitrogens with zero attached hydrogens (tertiary/aromatic N) is 1. The molecule has 100 valence electrons. The number of allylic oxidation sites excluding steroid dienone is 1. The van der Waals surface area contributed by atoms with E-state index in [1.54, 1.807) is 0 Å². The molecule has 3 aliphatic rings. The highest BCUT2D eigenvalue weighted by Gasteiger charge is 2.58. The molecule has 2 fully saturated rings. The van der Waals surface area contributed by atoms with Crippen molar-refractivity contribution in [2.45, 2.75) is 57.1 Å². The zero-order valence-corrected chi connectivity index (χ0v) is 11.7. The molecule has 19 heavy (non-hydrogen) atoms. The van der Waals surface area contributed by atoms with Gasteiger partial charge in [0.15, 0.2) is 5.69 Å². The first-order valence-corrected chi connectivity index (χ1v) is 7.85. The Balaban J connectivity index is 1.92. The molecule has 0 aromatic carbocycles. The van der Waals surface area contributed by atoms with Crippen LogP contribution in [0.15, 0.2) is 30.2 Å². The summed E-state index contributed by atoms with van der Waals surface area (Å²) in [5.74, 6) is 2.62. The lowest BCUT2D eigenvalue weighted by atomic mass is 9.27. The second-order valence-electron chi connectivity index (χ2n) is 6.66. The summed E-state index contributed by atoms with van der Waals surface area (Å²) in [6, 6.07) is 6.54. The maximum atomic E-state index is 6.59. The van der Waals surface area contributed by atoms with Crippen molar-refractivity contribution in [2.24, 2.45) is 0 Å². The van der Waals surface area contributed by atoms with Gasteiger partial charge in [-0.3, -0.25) is 0 Å². The number of aromatic nitrogens is 1. The first-order chi connectivity index (χ1) is 9.30. The summed E-state index contributed by atoms with van der Waals surface area (Å²) in [6.07, 6.45) is 12.7. The molecule has 0 radical (unpaired) electrons. The van der Waals surface area contributed by atoms with Crippen LogP contribution in [0.25, 0.3) is 6.08 Å². The quantitative estimate of drug-likeness (QED) is 0.643. The van der Waals surface area contributed by atoms with Gasteiger partial charge in [0.05, 0.1) is 5.76 Å². The summed E-state index contributed by atoms with van der Waals surface area (Å²) in [7, 11) is 0. The lowest BCUT2D eigenvalue weighted by molar-refractivity contribution is -0.571. The second kappa shape index (κ2) is 4.12. The van der Waals surface area contributed by atoms with Crippen molar-refractivity contribution in [3.63, 3.8) is 0 Å². The SMILES string of the molecule is CC1=Cc2cccc[n+]2[B-]2(O1)C1CCCC2CCC1. The minimum absolute atomic E-state index is 0.752. The van der Waals surface area contributed by atoms with E-state index in [1.807, 2.05) is 0 Å². The summed E-state index contributed by atoms with van der Waals surface area (Å²) in [6.45, 7) is 1.25. The second-order valence-corrected chi connectivity index (χ2v) is 6.66. The van der Waals surface area contributed by atoms with E-state index in [9.17, 15) is 0 Å². The minimum atomic E-state index is -0.876. The maximum absolute atomic E-state index is 6.59. The van der Waals surface area contributed by atoms with Crippen LogP contribution < -0.4 is 4.48 Å². The van der Waals surface area contributed by atoms with Crippen LogP contribution in [0.3, 0.4) is 0 Å². The van der Waals surface area contributed by atoms with E-state index in [1.165, 1.54) is 44.2 Å². The topological polar surface area (TPSA) is 13.1 Å². The van der Waals surface area contributed by atoms with E-state index in [4.69, 9.17) is 4.65 Å². The summed E-state index contributed by atoms with van der Waals surface area (Å²) in [4.78, 5) is 0. The number of hydrogen-bond donors (Lipinski definition) is 0. The highest BCUT2D eigenvalue weighted by Crippen LogP contribution is 2.53. The van der Waals surface area contributed by atoms with E-state index in [0.29, 0.717) is 0 Å². The largest absolute Gasteiger partial charge is 0.661 e. The lowest BCUT2D eigenvalue weighted by Gasteiger charge is -2.54. The van der Waals surface area contributed by atoms with Gasteiger partial charge in [-0.2, -0.15) is 0 Å². The van der Waals surface area contributed by atoms with Crippen LogP contribution in [0.1, 0.15) is 51.1 Å². The van der Waals surface area contributed by atoms with Crippen molar-refractivity contribution in [1.29, 1.82) is 0 Å². The fraction of sp³-hybridized carbons (Fsp3) is 0.562. The number of pyridine rings is 1. The van der Waals surface area contributed by atoms with Gasteiger partial charge in [-0.05, 0) is 13.0 Å². The highest BCUT2D eigenvalue weighted by molar-refractivity contribution is 6.69. The Kier molecular flexibility index (Phi) is 2.51. The van der Waals surface area contributed by atoms with Gasteiger partial charge in [0, 0.05) is 12.1 Å². The first kappa shape index (κ1) is 11.6. The van der Waals surface area contributed by atoms with Gasteiger partial charge in [0.1, 0.15) is 6.20 Å². The third-order valence-corrected chi connectivity index (χ3v) is 5.73. The molecule has 1 aromatic heterocycles. The van der Waals surface area contributed by atoms with Gasteiger partial charge in [0.2, 0.25) is 0 Å². The van der Waals surface area contributed by atoms with E-state index in [-0.39, 0.29) is 0 Å². The van der Waals surface area contributed by atoms with Gasteiger partial charge in [0.25, 0.3) is 0 Å². The van der Waals surface area contributed by atoms with Crippen molar-refractivity contribution in [2.75, 3.05) is 0 Å². The first-order valence-electron chi connectivity index (χ1n) is 7.85. The van der Waals surface area contributed by atoms with Crippen LogP contribution in [0, 0.1) is 0 Å².